The predicted molar refractivity (Wildman–Crippen MR) is 48.1 cm³/mol. The van der Waals surface area contributed by atoms with Gasteiger partial charge in [0.25, 0.3) is 0 Å². The number of rotatable bonds is 0. The van der Waals surface area contributed by atoms with E-state index in [2.05, 4.69) is 4.98 Å². The Hall–Kier alpha value is -2.15. The molecule has 68 valence electrons. The summed E-state index contributed by atoms with van der Waals surface area (Å²) in [7, 11) is 0. The predicted octanol–water partition coefficient (Wildman–Crippen LogP) is 0.999. The van der Waals surface area contributed by atoms with Gasteiger partial charge in [-0.15, -0.1) is 0 Å². The van der Waals surface area contributed by atoms with Gasteiger partial charge in [-0.2, -0.15) is 5.26 Å². The van der Waals surface area contributed by atoms with Crippen LogP contribution in [0.25, 0.3) is 5.76 Å². The van der Waals surface area contributed by atoms with Crippen molar-refractivity contribution in [3.63, 3.8) is 0 Å². The second-order valence-corrected chi connectivity index (χ2v) is 2.95. The van der Waals surface area contributed by atoms with Crippen molar-refractivity contribution < 1.29 is 9.90 Å². The Balaban J connectivity index is 2.69. The Labute approximate surface area is 80.1 Å². The molecule has 1 aliphatic carbocycles. The van der Waals surface area contributed by atoms with Crippen LogP contribution in [0.5, 0.6) is 0 Å². The number of aliphatic hydroxyl groups excluding tert-OH is 1. The minimum Gasteiger partial charge on any atom is -0.504 e. The number of fused-ring (bicyclic) bond motifs is 1. The number of Topliss-reactive ketones (excluding diaryl/α,β-unsaturated/α-hetero) is 1. The minimum absolute atomic E-state index is 0.135. The molecule has 1 aromatic rings. The number of nitrogens with zero attached hydrogens (tertiary/aromatic N) is 2. The number of carbonyl (C=O) groups excluding carboxylic acids is 1. The van der Waals surface area contributed by atoms with Crippen LogP contribution in [0.4, 0.5) is 0 Å². The molecule has 1 N–H and O–H groups in total. The van der Waals surface area contributed by atoms with Crippen molar-refractivity contribution in [3.05, 3.63) is 35.2 Å². The summed E-state index contributed by atoms with van der Waals surface area (Å²) in [4.78, 5) is 15.3. The summed E-state index contributed by atoms with van der Waals surface area (Å²) in [6, 6.07) is 5.09. The zero-order chi connectivity index (χ0) is 10.1. The van der Waals surface area contributed by atoms with Crippen LogP contribution in [0.1, 0.15) is 11.3 Å². The molecule has 0 atom stereocenters. The highest BCUT2D eigenvalue weighted by atomic mass is 16.3. The van der Waals surface area contributed by atoms with Gasteiger partial charge in [-0.25, -0.2) is 0 Å². The molecular formula is C10H6N2O2. The highest BCUT2D eigenvalue weighted by Crippen LogP contribution is 2.24. The van der Waals surface area contributed by atoms with Crippen molar-refractivity contribution in [2.75, 3.05) is 0 Å². The topological polar surface area (TPSA) is 74.0 Å². The maximum Gasteiger partial charge on any atom is 0.181 e. The van der Waals surface area contributed by atoms with E-state index in [0.29, 0.717) is 11.3 Å². The number of nitriles is 1. The molecule has 0 aliphatic heterocycles. The van der Waals surface area contributed by atoms with Crippen molar-refractivity contribution in [2.45, 2.75) is 6.42 Å². The third kappa shape index (κ3) is 1.07. The molecule has 2 rings (SSSR count). The molecule has 0 radical (unpaired) electrons. The van der Waals surface area contributed by atoms with Crippen molar-refractivity contribution in [3.8, 4) is 6.07 Å². The smallest absolute Gasteiger partial charge is 0.181 e. The van der Waals surface area contributed by atoms with Crippen LogP contribution >= 0.6 is 0 Å². The molecule has 1 aliphatic rings. The second-order valence-electron chi connectivity index (χ2n) is 2.95. The van der Waals surface area contributed by atoms with E-state index in [-0.39, 0.29) is 23.5 Å². The van der Waals surface area contributed by atoms with Gasteiger partial charge < -0.3 is 5.11 Å². The normalized spacial score (nSPS) is 14.9. The Morgan fingerprint density at radius 3 is 3.07 bits per heavy atom. The quantitative estimate of drug-likeness (QED) is 0.655. The van der Waals surface area contributed by atoms with Gasteiger partial charge in [-0.3, -0.25) is 9.78 Å². The average Bonchev–Trinajstić information content (AvgIpc) is 2.18. The number of aliphatic hydroxyl groups is 1. The van der Waals surface area contributed by atoms with E-state index < -0.39 is 0 Å². The summed E-state index contributed by atoms with van der Waals surface area (Å²) in [5.74, 6) is -0.662. The van der Waals surface area contributed by atoms with Crippen LogP contribution in [0.2, 0.25) is 0 Å². The summed E-state index contributed by atoms with van der Waals surface area (Å²) in [5.41, 5.74) is 0.800. The van der Waals surface area contributed by atoms with E-state index >= 15 is 0 Å². The lowest BCUT2D eigenvalue weighted by Crippen LogP contribution is -2.15. The Bertz CT molecular complexity index is 483. The molecule has 14 heavy (non-hydrogen) atoms. The second kappa shape index (κ2) is 2.96. The number of hydrogen-bond acceptors (Lipinski definition) is 4. The van der Waals surface area contributed by atoms with Gasteiger partial charge in [-0.05, 0) is 11.6 Å². The SMILES string of the molecule is N#CC1=C(O)c2ncccc2CC1=O. The number of hydrogen-bond donors (Lipinski definition) is 1. The van der Waals surface area contributed by atoms with Gasteiger partial charge in [0, 0.05) is 12.6 Å². The van der Waals surface area contributed by atoms with Crippen LogP contribution < -0.4 is 0 Å². The molecule has 1 aromatic heterocycles. The summed E-state index contributed by atoms with van der Waals surface area (Å²) < 4.78 is 0. The number of carbonyl (C=O) groups is 1. The summed E-state index contributed by atoms with van der Waals surface area (Å²) in [5, 5.41) is 18.2. The van der Waals surface area contributed by atoms with Crippen molar-refractivity contribution in [1.29, 1.82) is 5.26 Å². The fourth-order valence-corrected chi connectivity index (χ4v) is 1.42. The molecule has 0 aromatic carbocycles. The summed E-state index contributed by atoms with van der Waals surface area (Å²) in [6.45, 7) is 0. The van der Waals surface area contributed by atoms with Gasteiger partial charge >= 0.3 is 0 Å². The van der Waals surface area contributed by atoms with Crippen LogP contribution in [-0.4, -0.2) is 15.9 Å². The van der Waals surface area contributed by atoms with E-state index in [0.717, 1.165) is 0 Å². The number of pyridine rings is 1. The van der Waals surface area contributed by atoms with E-state index in [4.69, 9.17) is 5.26 Å². The highest BCUT2D eigenvalue weighted by molar-refractivity contribution is 6.08. The lowest BCUT2D eigenvalue weighted by Gasteiger charge is -2.12. The first-order valence-electron chi connectivity index (χ1n) is 4.05. The van der Waals surface area contributed by atoms with Crippen molar-refractivity contribution in [1.82, 2.24) is 4.98 Å². The maximum absolute atomic E-state index is 11.3. The fourth-order valence-electron chi connectivity index (χ4n) is 1.42. The molecule has 0 unspecified atom stereocenters. The Kier molecular flexibility index (Phi) is 1.79. The van der Waals surface area contributed by atoms with Crippen LogP contribution in [0.3, 0.4) is 0 Å². The first kappa shape index (κ1) is 8.45. The third-order valence-electron chi connectivity index (χ3n) is 2.09. The van der Waals surface area contributed by atoms with E-state index in [1.165, 1.54) is 6.20 Å². The molecule has 0 fully saturated rings. The number of ketones is 1. The Morgan fingerprint density at radius 1 is 1.57 bits per heavy atom. The standard InChI is InChI=1S/C10H6N2O2/c11-5-7-8(13)4-6-2-1-3-12-9(6)10(7)14/h1-3,14H,4H2. The molecular weight excluding hydrogens is 180 g/mol. The molecule has 0 spiro atoms. The first-order valence-corrected chi connectivity index (χ1v) is 4.05. The molecule has 0 bridgehead atoms. The molecule has 4 heteroatoms. The monoisotopic (exact) mass is 186 g/mol. The van der Waals surface area contributed by atoms with Crippen LogP contribution in [0, 0.1) is 11.3 Å². The largest absolute Gasteiger partial charge is 0.504 e. The molecule has 0 saturated heterocycles. The fraction of sp³-hybridized carbons (Fsp3) is 0.100. The lowest BCUT2D eigenvalue weighted by atomic mass is 9.94. The molecule has 1 heterocycles. The van der Waals surface area contributed by atoms with Gasteiger partial charge in [0.1, 0.15) is 17.3 Å². The summed E-state index contributed by atoms with van der Waals surface area (Å²) in [6.07, 6.45) is 1.65. The highest BCUT2D eigenvalue weighted by Gasteiger charge is 2.25. The van der Waals surface area contributed by atoms with Crippen LogP contribution in [0.15, 0.2) is 23.9 Å². The van der Waals surface area contributed by atoms with Crippen molar-refractivity contribution in [2.24, 2.45) is 0 Å². The maximum atomic E-state index is 11.3. The molecule has 4 nitrogen and oxygen atoms in total. The van der Waals surface area contributed by atoms with Gasteiger partial charge in [-0.1, -0.05) is 6.07 Å². The van der Waals surface area contributed by atoms with Gasteiger partial charge in [0.15, 0.2) is 11.5 Å². The zero-order valence-electron chi connectivity index (χ0n) is 7.19. The van der Waals surface area contributed by atoms with Gasteiger partial charge in [0.2, 0.25) is 0 Å². The Morgan fingerprint density at radius 2 is 2.36 bits per heavy atom. The average molecular weight is 186 g/mol. The van der Waals surface area contributed by atoms with E-state index in [1.54, 1.807) is 18.2 Å². The molecule has 0 amide bonds. The van der Waals surface area contributed by atoms with E-state index in [1.807, 2.05) is 0 Å². The van der Waals surface area contributed by atoms with Gasteiger partial charge in [0.05, 0.1) is 0 Å². The minimum atomic E-state index is -0.356. The summed E-state index contributed by atoms with van der Waals surface area (Å²) >= 11 is 0. The lowest BCUT2D eigenvalue weighted by molar-refractivity contribution is -0.114. The third-order valence-corrected chi connectivity index (χ3v) is 2.09. The first-order chi connectivity index (χ1) is 6.74. The number of aromatic nitrogens is 1. The van der Waals surface area contributed by atoms with E-state index in [9.17, 15) is 9.90 Å². The van der Waals surface area contributed by atoms with Crippen LogP contribution in [-0.2, 0) is 11.2 Å². The zero-order valence-corrected chi connectivity index (χ0v) is 7.19. The molecule has 0 saturated carbocycles. The number of allylic oxidation sites excluding steroid dienone is 1. The van der Waals surface area contributed by atoms with Crippen molar-refractivity contribution >= 4 is 11.5 Å².